The standard InChI is InChI=1S/C13H15BrN2O3/c1-13(2)12(18)15-7-8-16(13)11(17)6-4-9-3-5-10(14)19-9/h3-6H,7-8H2,1-2H3,(H,15,18). The number of carbonyl (C=O) groups excluding carboxylic acids is 2. The maximum Gasteiger partial charge on any atom is 0.247 e. The van der Waals surface area contributed by atoms with Gasteiger partial charge in [0.1, 0.15) is 11.3 Å². The number of rotatable bonds is 2. The minimum atomic E-state index is -0.830. The van der Waals surface area contributed by atoms with Crippen molar-refractivity contribution in [3.63, 3.8) is 0 Å². The molecule has 0 radical (unpaired) electrons. The Bertz CT molecular complexity index is 534. The number of amides is 2. The van der Waals surface area contributed by atoms with E-state index in [1.165, 1.54) is 6.08 Å². The van der Waals surface area contributed by atoms with Gasteiger partial charge in [-0.3, -0.25) is 9.59 Å². The zero-order valence-corrected chi connectivity index (χ0v) is 12.4. The number of furan rings is 1. The molecule has 19 heavy (non-hydrogen) atoms. The van der Waals surface area contributed by atoms with E-state index in [1.807, 2.05) is 0 Å². The lowest BCUT2D eigenvalue weighted by atomic mass is 9.99. The van der Waals surface area contributed by atoms with Gasteiger partial charge in [0.05, 0.1) is 0 Å². The Hall–Kier alpha value is -1.56. The van der Waals surface area contributed by atoms with Gasteiger partial charge in [-0.05, 0) is 48.0 Å². The van der Waals surface area contributed by atoms with Crippen molar-refractivity contribution in [1.29, 1.82) is 0 Å². The number of halogens is 1. The summed E-state index contributed by atoms with van der Waals surface area (Å²) in [4.78, 5) is 25.5. The number of piperazine rings is 1. The van der Waals surface area contributed by atoms with Gasteiger partial charge in [0.25, 0.3) is 0 Å². The predicted octanol–water partition coefficient (Wildman–Crippen LogP) is 1.79. The molecule has 1 aromatic heterocycles. The molecule has 1 aliphatic rings. The Balaban J connectivity index is 2.11. The fraction of sp³-hybridized carbons (Fsp3) is 0.385. The van der Waals surface area contributed by atoms with Crippen molar-refractivity contribution in [2.45, 2.75) is 19.4 Å². The van der Waals surface area contributed by atoms with Crippen molar-refractivity contribution in [3.05, 3.63) is 28.6 Å². The van der Waals surface area contributed by atoms with Gasteiger partial charge in [-0.15, -0.1) is 0 Å². The highest BCUT2D eigenvalue weighted by Crippen LogP contribution is 2.19. The molecular formula is C13H15BrN2O3. The molecule has 0 saturated carbocycles. The largest absolute Gasteiger partial charge is 0.450 e. The minimum Gasteiger partial charge on any atom is -0.450 e. The summed E-state index contributed by atoms with van der Waals surface area (Å²) < 4.78 is 5.88. The zero-order valence-electron chi connectivity index (χ0n) is 10.8. The van der Waals surface area contributed by atoms with Gasteiger partial charge in [0.15, 0.2) is 4.67 Å². The van der Waals surface area contributed by atoms with E-state index in [2.05, 4.69) is 21.2 Å². The molecule has 0 bridgehead atoms. The normalized spacial score (nSPS) is 18.7. The SMILES string of the molecule is CC1(C)C(=O)NCCN1C(=O)C=Cc1ccc(Br)o1. The van der Waals surface area contributed by atoms with E-state index in [-0.39, 0.29) is 11.8 Å². The number of nitrogens with one attached hydrogen (secondary N) is 1. The molecule has 5 nitrogen and oxygen atoms in total. The van der Waals surface area contributed by atoms with Crippen LogP contribution in [-0.2, 0) is 9.59 Å². The summed E-state index contributed by atoms with van der Waals surface area (Å²) in [6, 6.07) is 3.50. The second-order valence-electron chi connectivity index (χ2n) is 4.78. The average Bonchev–Trinajstić information content (AvgIpc) is 2.75. The Kier molecular flexibility index (Phi) is 3.80. The van der Waals surface area contributed by atoms with Gasteiger partial charge >= 0.3 is 0 Å². The molecule has 0 aromatic carbocycles. The van der Waals surface area contributed by atoms with Crippen LogP contribution in [0.4, 0.5) is 0 Å². The minimum absolute atomic E-state index is 0.138. The monoisotopic (exact) mass is 326 g/mol. The van der Waals surface area contributed by atoms with Crippen molar-refractivity contribution in [3.8, 4) is 0 Å². The third-order valence-electron chi connectivity index (χ3n) is 3.10. The molecule has 0 aliphatic carbocycles. The van der Waals surface area contributed by atoms with Crippen molar-refractivity contribution >= 4 is 33.8 Å². The Morgan fingerprint density at radius 3 is 2.89 bits per heavy atom. The van der Waals surface area contributed by atoms with Gasteiger partial charge in [-0.2, -0.15) is 0 Å². The summed E-state index contributed by atoms with van der Waals surface area (Å²) in [7, 11) is 0. The molecule has 102 valence electrons. The summed E-state index contributed by atoms with van der Waals surface area (Å²) in [6.07, 6.45) is 3.02. The molecule has 0 atom stereocenters. The van der Waals surface area contributed by atoms with E-state index in [1.54, 1.807) is 37.0 Å². The first-order valence-electron chi connectivity index (χ1n) is 5.94. The number of hydrogen-bond donors (Lipinski definition) is 1. The molecule has 2 amide bonds. The van der Waals surface area contributed by atoms with Crippen LogP contribution >= 0.6 is 15.9 Å². The summed E-state index contributed by atoms with van der Waals surface area (Å²) >= 11 is 3.19. The Labute approximate surface area is 119 Å². The molecule has 1 saturated heterocycles. The summed E-state index contributed by atoms with van der Waals surface area (Å²) in [6.45, 7) is 4.45. The Morgan fingerprint density at radius 2 is 2.26 bits per heavy atom. The van der Waals surface area contributed by atoms with Crippen molar-refractivity contribution in [1.82, 2.24) is 10.2 Å². The molecule has 6 heteroatoms. The molecule has 2 heterocycles. The van der Waals surface area contributed by atoms with Crippen LogP contribution in [0.2, 0.25) is 0 Å². The van der Waals surface area contributed by atoms with Gasteiger partial charge in [0.2, 0.25) is 11.8 Å². The van der Waals surface area contributed by atoms with Gasteiger partial charge in [-0.1, -0.05) is 0 Å². The highest BCUT2D eigenvalue weighted by molar-refractivity contribution is 9.10. The smallest absolute Gasteiger partial charge is 0.247 e. The maximum absolute atomic E-state index is 12.1. The van der Waals surface area contributed by atoms with E-state index in [0.29, 0.717) is 23.5 Å². The number of carbonyl (C=O) groups is 2. The third kappa shape index (κ3) is 2.89. The van der Waals surface area contributed by atoms with Crippen LogP contribution < -0.4 is 5.32 Å². The lowest BCUT2D eigenvalue weighted by Gasteiger charge is -2.40. The van der Waals surface area contributed by atoms with Gasteiger partial charge in [-0.25, -0.2) is 0 Å². The highest BCUT2D eigenvalue weighted by atomic mass is 79.9. The van der Waals surface area contributed by atoms with Crippen LogP contribution in [0.25, 0.3) is 6.08 Å². The lowest BCUT2D eigenvalue weighted by Crippen LogP contribution is -2.63. The van der Waals surface area contributed by atoms with E-state index in [4.69, 9.17) is 4.42 Å². The molecular weight excluding hydrogens is 312 g/mol. The average molecular weight is 327 g/mol. The first-order chi connectivity index (χ1) is 8.91. The van der Waals surface area contributed by atoms with Crippen molar-refractivity contribution in [2.24, 2.45) is 0 Å². The fourth-order valence-electron chi connectivity index (χ4n) is 1.95. The molecule has 2 rings (SSSR count). The third-order valence-corrected chi connectivity index (χ3v) is 3.53. The second-order valence-corrected chi connectivity index (χ2v) is 5.56. The topological polar surface area (TPSA) is 62.6 Å². The van der Waals surface area contributed by atoms with E-state index < -0.39 is 5.54 Å². The van der Waals surface area contributed by atoms with Gasteiger partial charge in [0, 0.05) is 19.2 Å². The van der Waals surface area contributed by atoms with E-state index in [9.17, 15) is 9.59 Å². The lowest BCUT2D eigenvalue weighted by molar-refractivity contribution is -0.146. The van der Waals surface area contributed by atoms with Crippen LogP contribution in [-0.4, -0.2) is 35.3 Å². The second kappa shape index (κ2) is 5.21. The maximum atomic E-state index is 12.1. The molecule has 1 N–H and O–H groups in total. The molecule has 1 aliphatic heterocycles. The zero-order chi connectivity index (χ0) is 14.0. The highest BCUT2D eigenvalue weighted by Gasteiger charge is 2.39. The molecule has 1 fully saturated rings. The van der Waals surface area contributed by atoms with Crippen LogP contribution in [0.15, 0.2) is 27.3 Å². The number of nitrogens with zero attached hydrogens (tertiary/aromatic N) is 1. The van der Waals surface area contributed by atoms with Crippen LogP contribution in [0.1, 0.15) is 19.6 Å². The molecule has 0 unspecified atom stereocenters. The molecule has 0 spiro atoms. The van der Waals surface area contributed by atoms with E-state index >= 15 is 0 Å². The first kappa shape index (κ1) is 13.9. The quantitative estimate of drug-likeness (QED) is 0.843. The summed E-state index contributed by atoms with van der Waals surface area (Å²) in [5, 5.41) is 2.75. The van der Waals surface area contributed by atoms with Crippen molar-refractivity contribution < 1.29 is 14.0 Å². The van der Waals surface area contributed by atoms with Crippen LogP contribution in [0, 0.1) is 0 Å². The van der Waals surface area contributed by atoms with Gasteiger partial charge < -0.3 is 14.6 Å². The fourth-order valence-corrected chi connectivity index (χ4v) is 2.27. The predicted molar refractivity (Wildman–Crippen MR) is 74.2 cm³/mol. The Morgan fingerprint density at radius 1 is 1.53 bits per heavy atom. The molecule has 1 aromatic rings. The summed E-state index contributed by atoms with van der Waals surface area (Å²) in [5.74, 6) is 0.244. The first-order valence-corrected chi connectivity index (χ1v) is 6.74. The number of hydrogen-bond acceptors (Lipinski definition) is 3. The van der Waals surface area contributed by atoms with Crippen LogP contribution in [0.3, 0.4) is 0 Å². The van der Waals surface area contributed by atoms with Crippen molar-refractivity contribution in [2.75, 3.05) is 13.1 Å². The van der Waals surface area contributed by atoms with E-state index in [0.717, 1.165) is 0 Å². The summed E-state index contributed by atoms with van der Waals surface area (Å²) in [5.41, 5.74) is -0.830. The van der Waals surface area contributed by atoms with Crippen LogP contribution in [0.5, 0.6) is 0 Å².